The first-order chi connectivity index (χ1) is 20.1. The highest BCUT2D eigenvalue weighted by atomic mass is 15.1. The van der Waals surface area contributed by atoms with E-state index in [9.17, 15) is 0 Å². The summed E-state index contributed by atoms with van der Waals surface area (Å²) in [6.45, 7) is 10.4. The van der Waals surface area contributed by atoms with Crippen LogP contribution in [0.15, 0.2) is 170 Å². The van der Waals surface area contributed by atoms with Crippen molar-refractivity contribution in [3.63, 3.8) is 0 Å². The molecule has 0 aliphatic rings. The first-order valence-corrected chi connectivity index (χ1v) is 14.0. The van der Waals surface area contributed by atoms with E-state index in [1.807, 2.05) is 12.1 Å². The number of hydrogen-bond acceptors (Lipinski definition) is 2. The summed E-state index contributed by atoms with van der Waals surface area (Å²) in [5, 5.41) is 0. The number of aryl methyl sites for hydroxylation is 1. The standard InChI is InChI=1S/C39H36N2/c1-5-30(3)28-34(6-2)40(35-15-9-7-10-16-35)37-24-20-32(21-25-37)33-22-26-38(27-23-33)41(36-17-11-8-12-18-36)39-19-13-14-31(4)29-39/h5-29H,2H2,1,3-4H3/b30-5-,34-28+. The number of para-hydroxylation sites is 2. The van der Waals surface area contributed by atoms with Crippen LogP contribution in [0, 0.1) is 6.92 Å². The third kappa shape index (κ3) is 6.40. The molecule has 0 saturated heterocycles. The summed E-state index contributed by atoms with van der Waals surface area (Å²) < 4.78 is 0. The fraction of sp³-hybridized carbons (Fsp3) is 0.0769. The van der Waals surface area contributed by atoms with Crippen LogP contribution in [-0.4, -0.2) is 0 Å². The van der Waals surface area contributed by atoms with E-state index in [-0.39, 0.29) is 0 Å². The van der Waals surface area contributed by atoms with E-state index in [1.165, 1.54) is 22.3 Å². The van der Waals surface area contributed by atoms with E-state index >= 15 is 0 Å². The maximum absolute atomic E-state index is 4.12. The molecule has 41 heavy (non-hydrogen) atoms. The predicted octanol–water partition coefficient (Wildman–Crippen LogP) is 11.3. The molecule has 0 spiro atoms. The summed E-state index contributed by atoms with van der Waals surface area (Å²) in [5.41, 5.74) is 11.4. The number of allylic oxidation sites excluding steroid dienone is 4. The fourth-order valence-electron chi connectivity index (χ4n) is 4.95. The van der Waals surface area contributed by atoms with Crippen LogP contribution in [0.2, 0.25) is 0 Å². The highest BCUT2D eigenvalue weighted by Crippen LogP contribution is 2.37. The molecular formula is C39H36N2. The van der Waals surface area contributed by atoms with Gasteiger partial charge in [0.2, 0.25) is 0 Å². The minimum Gasteiger partial charge on any atom is -0.311 e. The lowest BCUT2D eigenvalue weighted by molar-refractivity contribution is 1.20. The van der Waals surface area contributed by atoms with Crippen LogP contribution < -0.4 is 9.80 Å². The van der Waals surface area contributed by atoms with E-state index in [1.54, 1.807) is 0 Å². The quantitative estimate of drug-likeness (QED) is 0.174. The highest BCUT2D eigenvalue weighted by molar-refractivity contribution is 5.79. The molecule has 0 radical (unpaired) electrons. The zero-order valence-corrected chi connectivity index (χ0v) is 24.0. The van der Waals surface area contributed by atoms with Crippen molar-refractivity contribution in [3.8, 4) is 11.1 Å². The average Bonchev–Trinajstić information content (AvgIpc) is 3.02. The van der Waals surface area contributed by atoms with Gasteiger partial charge in [-0.3, -0.25) is 0 Å². The van der Waals surface area contributed by atoms with Crippen LogP contribution in [-0.2, 0) is 0 Å². The molecule has 0 fully saturated rings. The molecule has 0 aromatic heterocycles. The van der Waals surface area contributed by atoms with E-state index in [2.05, 4.69) is 177 Å². The lowest BCUT2D eigenvalue weighted by atomic mass is 10.0. The molecule has 0 aliphatic carbocycles. The Labute approximate surface area is 244 Å². The first kappa shape index (κ1) is 27.5. The van der Waals surface area contributed by atoms with Crippen LogP contribution >= 0.6 is 0 Å². The molecule has 0 atom stereocenters. The Hall–Kier alpha value is -5.08. The summed E-state index contributed by atoms with van der Waals surface area (Å²) in [4.78, 5) is 4.54. The molecule has 2 nitrogen and oxygen atoms in total. The Morgan fingerprint density at radius 1 is 0.585 bits per heavy atom. The summed E-state index contributed by atoms with van der Waals surface area (Å²) in [7, 11) is 0. The molecule has 0 unspecified atom stereocenters. The Balaban J connectivity index is 1.48. The summed E-state index contributed by atoms with van der Waals surface area (Å²) in [6, 6.07) is 47.1. The number of rotatable bonds is 9. The van der Waals surface area contributed by atoms with Gasteiger partial charge in [-0.2, -0.15) is 0 Å². The van der Waals surface area contributed by atoms with E-state index < -0.39 is 0 Å². The van der Waals surface area contributed by atoms with Gasteiger partial charge >= 0.3 is 0 Å². The van der Waals surface area contributed by atoms with Crippen LogP contribution in [0.5, 0.6) is 0 Å². The van der Waals surface area contributed by atoms with E-state index in [0.717, 1.165) is 34.1 Å². The van der Waals surface area contributed by atoms with Crippen molar-refractivity contribution < 1.29 is 0 Å². The smallest absolute Gasteiger partial charge is 0.0464 e. The van der Waals surface area contributed by atoms with Crippen LogP contribution in [0.4, 0.5) is 28.4 Å². The number of nitrogens with zero attached hydrogens (tertiary/aromatic N) is 2. The largest absolute Gasteiger partial charge is 0.311 e. The van der Waals surface area contributed by atoms with Crippen molar-refractivity contribution in [2.45, 2.75) is 20.8 Å². The normalized spacial score (nSPS) is 11.7. The van der Waals surface area contributed by atoms with Crippen molar-refractivity contribution in [2.75, 3.05) is 9.80 Å². The Bertz CT molecular complexity index is 1650. The second-order valence-electron chi connectivity index (χ2n) is 10.1. The molecule has 5 aromatic carbocycles. The Morgan fingerprint density at radius 2 is 1.07 bits per heavy atom. The van der Waals surface area contributed by atoms with Crippen molar-refractivity contribution in [1.29, 1.82) is 0 Å². The zero-order valence-electron chi connectivity index (χ0n) is 24.0. The molecule has 0 heterocycles. The maximum Gasteiger partial charge on any atom is 0.0464 e. The Kier molecular flexibility index (Phi) is 8.61. The third-order valence-electron chi connectivity index (χ3n) is 7.17. The van der Waals surface area contributed by atoms with E-state index in [4.69, 9.17) is 0 Å². The molecular weight excluding hydrogens is 496 g/mol. The molecule has 0 saturated carbocycles. The van der Waals surface area contributed by atoms with Gasteiger partial charge in [-0.05, 0) is 110 Å². The highest BCUT2D eigenvalue weighted by Gasteiger charge is 2.15. The van der Waals surface area contributed by atoms with Crippen molar-refractivity contribution in [2.24, 2.45) is 0 Å². The second kappa shape index (κ2) is 12.8. The molecule has 0 aliphatic heterocycles. The Morgan fingerprint density at radius 3 is 1.61 bits per heavy atom. The first-order valence-electron chi connectivity index (χ1n) is 14.0. The van der Waals surface area contributed by atoms with Gasteiger partial charge in [0.05, 0.1) is 0 Å². The monoisotopic (exact) mass is 532 g/mol. The number of anilines is 5. The van der Waals surface area contributed by atoms with Gasteiger partial charge in [0, 0.05) is 34.1 Å². The minimum atomic E-state index is 1.03. The van der Waals surface area contributed by atoms with Gasteiger partial charge in [-0.1, -0.05) is 91.0 Å². The van der Waals surface area contributed by atoms with Crippen LogP contribution in [0.25, 0.3) is 11.1 Å². The van der Waals surface area contributed by atoms with Gasteiger partial charge in [-0.15, -0.1) is 0 Å². The molecule has 5 rings (SSSR count). The van der Waals surface area contributed by atoms with Crippen LogP contribution in [0.3, 0.4) is 0 Å². The molecule has 0 N–H and O–H groups in total. The molecule has 202 valence electrons. The SMILES string of the molecule is C=C/C(=C\C(C)=C/C)N(c1ccccc1)c1ccc(-c2ccc(N(c3ccccc3)c3cccc(C)c3)cc2)cc1. The topological polar surface area (TPSA) is 6.48 Å². The third-order valence-corrected chi connectivity index (χ3v) is 7.17. The summed E-state index contributed by atoms with van der Waals surface area (Å²) in [6.07, 6.45) is 6.19. The predicted molar refractivity (Wildman–Crippen MR) is 178 cm³/mol. The van der Waals surface area contributed by atoms with Gasteiger partial charge in [-0.25, -0.2) is 0 Å². The molecule has 5 aromatic rings. The van der Waals surface area contributed by atoms with Crippen molar-refractivity contribution in [1.82, 2.24) is 0 Å². The lowest BCUT2D eigenvalue weighted by Crippen LogP contribution is -2.15. The zero-order chi connectivity index (χ0) is 28.6. The number of benzene rings is 5. The molecule has 0 bridgehead atoms. The second-order valence-corrected chi connectivity index (χ2v) is 10.1. The van der Waals surface area contributed by atoms with E-state index in [0.29, 0.717) is 0 Å². The van der Waals surface area contributed by atoms with Crippen molar-refractivity contribution in [3.05, 3.63) is 175 Å². The minimum absolute atomic E-state index is 1.03. The molecule has 0 amide bonds. The molecule has 2 heteroatoms. The van der Waals surface area contributed by atoms with Gasteiger partial charge < -0.3 is 9.80 Å². The lowest BCUT2D eigenvalue weighted by Gasteiger charge is -2.27. The van der Waals surface area contributed by atoms with Gasteiger partial charge in [0.15, 0.2) is 0 Å². The number of hydrogen-bond donors (Lipinski definition) is 0. The summed E-state index contributed by atoms with van der Waals surface area (Å²) >= 11 is 0. The van der Waals surface area contributed by atoms with Crippen LogP contribution in [0.1, 0.15) is 19.4 Å². The maximum atomic E-state index is 4.12. The summed E-state index contributed by atoms with van der Waals surface area (Å²) in [5.74, 6) is 0. The fourth-order valence-corrected chi connectivity index (χ4v) is 4.95. The van der Waals surface area contributed by atoms with Gasteiger partial charge in [0.25, 0.3) is 0 Å². The van der Waals surface area contributed by atoms with Crippen molar-refractivity contribution >= 4 is 28.4 Å². The van der Waals surface area contributed by atoms with Gasteiger partial charge in [0.1, 0.15) is 0 Å². The average molecular weight is 533 g/mol.